The van der Waals surface area contributed by atoms with Crippen molar-refractivity contribution < 1.29 is 30.5 Å². The molecule has 0 heterocycles. The van der Waals surface area contributed by atoms with Crippen LogP contribution in [-0.2, 0) is 15.5 Å². The molecule has 0 bridgehead atoms. The Morgan fingerprint density at radius 2 is 1.41 bits per heavy atom. The quantitative estimate of drug-likeness (QED) is 0.596. The van der Waals surface area contributed by atoms with Crippen molar-refractivity contribution in [3.05, 3.63) is 35.9 Å². The van der Waals surface area contributed by atoms with Crippen LogP contribution in [0.2, 0.25) is 0 Å². The standard InChI is InChI=1S/C7H7.BF3.Li.H2O4S/c1-7-5-3-2-4-6-7;2-1(3)4;;1-5(2,3)4/h2-6H,1H2;;;(H2,1,2,3,4). The molecule has 0 aliphatic carbocycles. The van der Waals surface area contributed by atoms with Gasteiger partial charge in [0.15, 0.2) is 0 Å². The molecule has 0 radical (unpaired) electrons. The first-order valence-electron chi connectivity index (χ1n) is 4.32. The predicted octanol–water partition coefficient (Wildman–Crippen LogP) is 1.58. The van der Waals surface area contributed by atoms with E-state index in [1.165, 1.54) is 5.56 Å². The zero-order valence-corrected chi connectivity index (χ0v) is 9.74. The van der Waals surface area contributed by atoms with E-state index in [1.807, 2.05) is 6.07 Å². The second-order valence-electron chi connectivity index (χ2n) is 2.53. The minimum atomic E-state index is -4.67. The first-order valence-corrected chi connectivity index (χ1v) is 5.72. The van der Waals surface area contributed by atoms with Gasteiger partial charge in [-0.15, -0.1) is 0 Å². The number of rotatable bonds is 1. The zero-order valence-electron chi connectivity index (χ0n) is 8.92. The topological polar surface area (TPSA) is 74.6 Å². The van der Waals surface area contributed by atoms with Crippen molar-refractivity contribution in [1.82, 2.24) is 0 Å². The molecule has 4 nitrogen and oxygen atoms in total. The third-order valence-electron chi connectivity index (χ3n) is 1.25. The summed E-state index contributed by atoms with van der Waals surface area (Å²) < 4.78 is 60.6. The van der Waals surface area contributed by atoms with Crippen LogP contribution in [0.15, 0.2) is 30.3 Å². The molecule has 92 valence electrons. The van der Waals surface area contributed by atoms with Gasteiger partial charge in [-0.1, -0.05) is 0 Å². The molecular formula is C7H9BF3LiO4S. The van der Waals surface area contributed by atoms with Crippen LogP contribution in [0.4, 0.5) is 12.9 Å². The van der Waals surface area contributed by atoms with Crippen molar-refractivity contribution in [1.29, 1.82) is 0 Å². The summed E-state index contributed by atoms with van der Waals surface area (Å²) in [6, 6.07) is 10.5. The van der Waals surface area contributed by atoms with Gasteiger partial charge >= 0.3 is 76.6 Å². The average Bonchev–Trinajstić information content (AvgIpc) is 2.15. The van der Waals surface area contributed by atoms with Gasteiger partial charge in [-0.2, -0.15) is 8.42 Å². The molecule has 17 heavy (non-hydrogen) atoms. The van der Waals surface area contributed by atoms with Gasteiger partial charge in [0.25, 0.3) is 0 Å². The summed E-state index contributed by atoms with van der Waals surface area (Å²) >= 11 is 2.16. The molecule has 1 aromatic rings. The summed E-state index contributed by atoms with van der Waals surface area (Å²) in [4.78, 5) is 0. The van der Waals surface area contributed by atoms with Gasteiger partial charge in [-0.05, 0) is 0 Å². The van der Waals surface area contributed by atoms with E-state index in [-0.39, 0.29) is 0 Å². The average molecular weight is 264 g/mol. The van der Waals surface area contributed by atoms with Crippen LogP contribution < -0.4 is 0 Å². The molecule has 0 atom stereocenters. The van der Waals surface area contributed by atoms with Crippen LogP contribution in [0, 0.1) is 0 Å². The first kappa shape index (κ1) is 18.9. The Kier molecular flexibility index (Phi) is 11.9. The van der Waals surface area contributed by atoms with E-state index in [0.29, 0.717) is 0 Å². The minimum absolute atomic E-state index is 1.14. The van der Waals surface area contributed by atoms with E-state index in [0.717, 1.165) is 5.09 Å². The fourth-order valence-corrected chi connectivity index (χ4v) is 0.714. The molecule has 1 rings (SSSR count). The fraction of sp³-hybridized carbons (Fsp3) is 0.143. The molecule has 0 aliphatic heterocycles. The molecule has 2 N–H and O–H groups in total. The summed E-state index contributed by atoms with van der Waals surface area (Å²) in [6.45, 7) is 0. The predicted molar refractivity (Wildman–Crippen MR) is 59.2 cm³/mol. The van der Waals surface area contributed by atoms with E-state index in [4.69, 9.17) is 17.5 Å². The molecule has 0 unspecified atom stereocenters. The number of hydrogen-bond donors (Lipinski definition) is 2. The Bertz CT molecular complexity index is 365. The van der Waals surface area contributed by atoms with Crippen molar-refractivity contribution in [2.45, 2.75) is 5.09 Å². The van der Waals surface area contributed by atoms with Crippen LogP contribution in [0.1, 0.15) is 5.56 Å². The van der Waals surface area contributed by atoms with Crippen molar-refractivity contribution in [2.24, 2.45) is 0 Å². The van der Waals surface area contributed by atoms with Gasteiger partial charge in [0, 0.05) is 0 Å². The third kappa shape index (κ3) is 31.3. The van der Waals surface area contributed by atoms with Crippen LogP contribution in [0.5, 0.6) is 0 Å². The third-order valence-corrected chi connectivity index (χ3v) is 1.25. The summed E-state index contributed by atoms with van der Waals surface area (Å²) in [5, 5.41) is 1.14. The Labute approximate surface area is 107 Å². The normalized spacial score (nSPS) is 9.35. The van der Waals surface area contributed by atoms with E-state index < -0.39 is 17.9 Å². The SMILES string of the molecule is FB(F)F.O=S(=O)(O)O.[Li][CH2]c1ccccc1. The van der Waals surface area contributed by atoms with Gasteiger partial charge in [0.05, 0.1) is 0 Å². The summed E-state index contributed by atoms with van der Waals surface area (Å²) in [6.07, 6.45) is 0. The molecule has 0 fully saturated rings. The van der Waals surface area contributed by atoms with Gasteiger partial charge < -0.3 is 0 Å². The van der Waals surface area contributed by atoms with Gasteiger partial charge in [-0.3, -0.25) is 22.1 Å². The molecule has 0 aliphatic rings. The van der Waals surface area contributed by atoms with Crippen molar-refractivity contribution in [3.63, 3.8) is 0 Å². The van der Waals surface area contributed by atoms with Gasteiger partial charge in [-0.25, -0.2) is 0 Å². The van der Waals surface area contributed by atoms with Gasteiger partial charge in [0.2, 0.25) is 0 Å². The van der Waals surface area contributed by atoms with E-state index in [1.54, 1.807) is 0 Å². The molecule has 0 amide bonds. The van der Waals surface area contributed by atoms with Crippen LogP contribution in [0.25, 0.3) is 0 Å². The summed E-state index contributed by atoms with van der Waals surface area (Å²) in [7, 11) is -8.33. The van der Waals surface area contributed by atoms with Crippen molar-refractivity contribution in [2.75, 3.05) is 0 Å². The Morgan fingerprint density at radius 3 is 1.59 bits per heavy atom. The van der Waals surface area contributed by atoms with Crippen LogP contribution >= 0.6 is 0 Å². The molecule has 0 spiro atoms. The zero-order chi connectivity index (χ0) is 13.9. The van der Waals surface area contributed by atoms with E-state index in [9.17, 15) is 12.9 Å². The second-order valence-corrected chi connectivity index (χ2v) is 3.43. The Hall–Kier alpha value is -0.458. The van der Waals surface area contributed by atoms with Gasteiger partial charge in [0.1, 0.15) is 0 Å². The number of hydrogen-bond acceptors (Lipinski definition) is 2. The van der Waals surface area contributed by atoms with Crippen molar-refractivity contribution >= 4 is 35.7 Å². The van der Waals surface area contributed by atoms with Crippen LogP contribution in [0.3, 0.4) is 0 Å². The molecule has 0 aromatic heterocycles. The molecule has 0 saturated heterocycles. The number of halogens is 3. The summed E-state index contributed by atoms with van der Waals surface area (Å²) in [5.41, 5.74) is 1.41. The van der Waals surface area contributed by atoms with E-state index in [2.05, 4.69) is 42.0 Å². The maximum atomic E-state index is 9.67. The molecule has 0 saturated carbocycles. The first-order chi connectivity index (χ1) is 7.66. The molecule has 10 heteroatoms. The second kappa shape index (κ2) is 10.7. The Balaban J connectivity index is 0. The maximum absolute atomic E-state index is 9.67. The summed E-state index contributed by atoms with van der Waals surface area (Å²) in [5.74, 6) is 0. The number of benzene rings is 1. The van der Waals surface area contributed by atoms with Crippen molar-refractivity contribution in [3.8, 4) is 0 Å². The molecule has 1 aromatic carbocycles. The monoisotopic (exact) mass is 264 g/mol. The van der Waals surface area contributed by atoms with E-state index >= 15 is 0 Å². The molecular weight excluding hydrogens is 255 g/mol. The Morgan fingerprint density at radius 1 is 1.12 bits per heavy atom. The van der Waals surface area contributed by atoms with Crippen LogP contribution in [-0.4, -0.2) is 42.8 Å². The fourth-order valence-electron chi connectivity index (χ4n) is 0.714.